The summed E-state index contributed by atoms with van der Waals surface area (Å²) in [4.78, 5) is 14.4. The number of aliphatic carboxylic acids is 1. The molecule has 3 nitrogen and oxygen atoms in total. The Hall–Kier alpha value is -2.56. The Morgan fingerprint density at radius 2 is 1.69 bits per heavy atom. The second kappa shape index (κ2) is 8.85. The van der Waals surface area contributed by atoms with Gasteiger partial charge in [-0.15, -0.1) is 11.8 Å². The maximum Gasteiger partial charge on any atom is 0.309 e. The number of hydrogen-bond acceptors (Lipinski definition) is 3. The van der Waals surface area contributed by atoms with E-state index in [1.807, 2.05) is 17.8 Å². The summed E-state index contributed by atoms with van der Waals surface area (Å²) in [5, 5.41) is 8.97. The first kappa shape index (κ1) is 19.7. The van der Waals surface area contributed by atoms with Gasteiger partial charge in [0.05, 0.1) is 5.92 Å². The summed E-state index contributed by atoms with van der Waals surface area (Å²) in [6.45, 7) is 4.32. The van der Waals surface area contributed by atoms with Gasteiger partial charge in [-0.05, 0) is 46.9 Å². The Kier molecular flexibility index (Phi) is 6.02. The monoisotopic (exact) mass is 403 g/mol. The lowest BCUT2D eigenvalue weighted by molar-refractivity contribution is -0.147. The summed E-state index contributed by atoms with van der Waals surface area (Å²) < 4.78 is 0. The maximum atomic E-state index is 10.9. The molecule has 0 unspecified atom stereocenters. The summed E-state index contributed by atoms with van der Waals surface area (Å²) in [6, 6.07) is 25.9. The Bertz CT molecular complexity index is 979. The lowest BCUT2D eigenvalue weighted by Crippen LogP contribution is -2.49. The average molecular weight is 404 g/mol. The molecule has 1 fully saturated rings. The third-order valence-electron chi connectivity index (χ3n) is 5.42. The van der Waals surface area contributed by atoms with E-state index in [0.717, 1.165) is 12.3 Å². The van der Waals surface area contributed by atoms with Crippen molar-refractivity contribution in [2.75, 3.05) is 13.1 Å². The fourth-order valence-electron chi connectivity index (χ4n) is 3.69. The van der Waals surface area contributed by atoms with E-state index in [0.29, 0.717) is 13.1 Å². The number of benzene rings is 3. The van der Waals surface area contributed by atoms with E-state index >= 15 is 0 Å². The average Bonchev–Trinajstić information content (AvgIpc) is 2.70. The predicted molar refractivity (Wildman–Crippen MR) is 119 cm³/mol. The first-order valence-electron chi connectivity index (χ1n) is 9.90. The van der Waals surface area contributed by atoms with Gasteiger partial charge in [0, 0.05) is 30.3 Å². The molecule has 1 aliphatic rings. The molecule has 3 aromatic carbocycles. The van der Waals surface area contributed by atoms with Gasteiger partial charge in [0.25, 0.3) is 0 Å². The Labute approximate surface area is 176 Å². The number of hydrogen-bond donors (Lipinski definition) is 1. The molecule has 29 heavy (non-hydrogen) atoms. The number of carboxylic acid groups (broad SMARTS) is 1. The molecule has 0 saturated carbocycles. The van der Waals surface area contributed by atoms with Crippen LogP contribution in [0.4, 0.5) is 0 Å². The van der Waals surface area contributed by atoms with E-state index in [2.05, 4.69) is 78.6 Å². The van der Waals surface area contributed by atoms with E-state index in [1.54, 1.807) is 0 Å². The molecule has 4 heteroatoms. The van der Waals surface area contributed by atoms with Gasteiger partial charge in [-0.2, -0.15) is 0 Å². The van der Waals surface area contributed by atoms with Gasteiger partial charge >= 0.3 is 5.97 Å². The summed E-state index contributed by atoms with van der Waals surface area (Å²) in [7, 11) is 0. The Morgan fingerprint density at radius 3 is 2.34 bits per heavy atom. The SMILES string of the molecule is Cc1cc(SCc2ccc(CN3CC(C(=O)O)C3)cc2)ccc1-c1ccccc1. The molecule has 1 N–H and O–H groups in total. The highest BCUT2D eigenvalue weighted by atomic mass is 32.2. The first-order valence-corrected chi connectivity index (χ1v) is 10.9. The molecule has 0 aromatic heterocycles. The molecule has 148 valence electrons. The number of carbonyl (C=O) groups is 1. The fourth-order valence-corrected chi connectivity index (χ4v) is 4.64. The molecule has 4 rings (SSSR count). The zero-order chi connectivity index (χ0) is 20.2. The molecule has 0 radical (unpaired) electrons. The normalized spacial score (nSPS) is 14.5. The fraction of sp³-hybridized carbons (Fsp3) is 0.240. The highest BCUT2D eigenvalue weighted by Gasteiger charge is 2.32. The minimum absolute atomic E-state index is 0.192. The number of likely N-dealkylation sites (tertiary alicyclic amines) is 1. The quantitative estimate of drug-likeness (QED) is 0.531. The molecule has 0 atom stereocenters. The molecule has 0 spiro atoms. The standard InChI is InChI=1S/C25H25NO2S/c1-18-13-23(11-12-24(18)21-5-3-2-4-6-21)29-17-20-9-7-19(8-10-20)14-26-15-22(16-26)25(27)28/h2-13,22H,14-17H2,1H3,(H,27,28). The maximum absolute atomic E-state index is 10.9. The zero-order valence-corrected chi connectivity index (χ0v) is 17.4. The smallest absolute Gasteiger partial charge is 0.309 e. The van der Waals surface area contributed by atoms with Gasteiger partial charge in [0.15, 0.2) is 0 Å². The van der Waals surface area contributed by atoms with E-state index in [9.17, 15) is 4.79 Å². The van der Waals surface area contributed by atoms with E-state index < -0.39 is 5.97 Å². The number of aryl methyl sites for hydroxylation is 1. The van der Waals surface area contributed by atoms with Crippen LogP contribution in [0.15, 0.2) is 77.7 Å². The topological polar surface area (TPSA) is 40.5 Å². The molecule has 0 aliphatic carbocycles. The highest BCUT2D eigenvalue weighted by Crippen LogP contribution is 2.30. The van der Waals surface area contributed by atoms with Crippen LogP contribution >= 0.6 is 11.8 Å². The van der Waals surface area contributed by atoms with Crippen molar-refractivity contribution in [3.8, 4) is 11.1 Å². The van der Waals surface area contributed by atoms with E-state index in [4.69, 9.17) is 5.11 Å². The van der Waals surface area contributed by atoms with Crippen LogP contribution in [0.1, 0.15) is 16.7 Å². The van der Waals surface area contributed by atoms with Gasteiger partial charge in [0.2, 0.25) is 0 Å². The van der Waals surface area contributed by atoms with Crippen molar-refractivity contribution < 1.29 is 9.90 Å². The van der Waals surface area contributed by atoms with Crippen LogP contribution in [0.3, 0.4) is 0 Å². The van der Waals surface area contributed by atoms with Gasteiger partial charge in [-0.25, -0.2) is 0 Å². The summed E-state index contributed by atoms with van der Waals surface area (Å²) in [6.07, 6.45) is 0. The molecule has 0 bridgehead atoms. The molecule has 0 amide bonds. The van der Waals surface area contributed by atoms with Crippen molar-refractivity contribution in [1.82, 2.24) is 4.90 Å². The minimum atomic E-state index is -0.680. The van der Waals surface area contributed by atoms with Crippen LogP contribution in [0.5, 0.6) is 0 Å². The van der Waals surface area contributed by atoms with Crippen molar-refractivity contribution in [3.63, 3.8) is 0 Å². The van der Waals surface area contributed by atoms with E-state index in [-0.39, 0.29) is 5.92 Å². The van der Waals surface area contributed by atoms with E-state index in [1.165, 1.54) is 32.7 Å². The van der Waals surface area contributed by atoms with Crippen molar-refractivity contribution in [1.29, 1.82) is 0 Å². The van der Waals surface area contributed by atoms with Crippen LogP contribution in [-0.4, -0.2) is 29.1 Å². The summed E-state index contributed by atoms with van der Waals surface area (Å²) in [5.41, 5.74) is 6.39. The number of thioether (sulfide) groups is 1. The highest BCUT2D eigenvalue weighted by molar-refractivity contribution is 7.98. The zero-order valence-electron chi connectivity index (χ0n) is 16.5. The third-order valence-corrected chi connectivity index (χ3v) is 6.49. The molecule has 3 aromatic rings. The van der Waals surface area contributed by atoms with Crippen molar-refractivity contribution in [2.45, 2.75) is 24.1 Å². The first-order chi connectivity index (χ1) is 14.1. The summed E-state index contributed by atoms with van der Waals surface area (Å²) >= 11 is 1.85. The molecular formula is C25H25NO2S. The molecule has 1 aliphatic heterocycles. The van der Waals surface area contributed by atoms with Crippen LogP contribution in [-0.2, 0) is 17.1 Å². The second-order valence-corrected chi connectivity index (χ2v) is 8.73. The number of carboxylic acids is 1. The molecule has 1 saturated heterocycles. The van der Waals surface area contributed by atoms with Gasteiger partial charge in [0.1, 0.15) is 0 Å². The van der Waals surface area contributed by atoms with Gasteiger partial charge in [-0.1, -0.05) is 60.7 Å². The number of rotatable bonds is 7. The molecule has 1 heterocycles. The lowest BCUT2D eigenvalue weighted by Gasteiger charge is -2.36. The van der Waals surface area contributed by atoms with Crippen LogP contribution in [0.2, 0.25) is 0 Å². The molecular weight excluding hydrogens is 378 g/mol. The predicted octanol–water partition coefficient (Wildman–Crippen LogP) is 5.47. The largest absolute Gasteiger partial charge is 0.481 e. The summed E-state index contributed by atoms with van der Waals surface area (Å²) in [5.74, 6) is 0.0675. The second-order valence-electron chi connectivity index (χ2n) is 7.68. The van der Waals surface area contributed by atoms with Crippen LogP contribution < -0.4 is 0 Å². The minimum Gasteiger partial charge on any atom is -0.481 e. The third kappa shape index (κ3) is 4.89. The van der Waals surface area contributed by atoms with Crippen LogP contribution in [0.25, 0.3) is 11.1 Å². The van der Waals surface area contributed by atoms with Crippen molar-refractivity contribution in [2.24, 2.45) is 5.92 Å². The Morgan fingerprint density at radius 1 is 1.00 bits per heavy atom. The van der Waals surface area contributed by atoms with Crippen molar-refractivity contribution in [3.05, 3.63) is 89.5 Å². The Balaban J connectivity index is 1.31. The van der Waals surface area contributed by atoms with Crippen LogP contribution in [0, 0.1) is 12.8 Å². The van der Waals surface area contributed by atoms with Gasteiger partial charge < -0.3 is 5.11 Å². The number of nitrogens with zero attached hydrogens (tertiary/aromatic N) is 1. The van der Waals surface area contributed by atoms with Crippen molar-refractivity contribution >= 4 is 17.7 Å². The lowest BCUT2D eigenvalue weighted by atomic mass is 9.99. The van der Waals surface area contributed by atoms with Gasteiger partial charge in [-0.3, -0.25) is 9.69 Å².